The van der Waals surface area contributed by atoms with Gasteiger partial charge in [0.05, 0.1) is 28.1 Å². The summed E-state index contributed by atoms with van der Waals surface area (Å²) in [4.78, 5) is 7.37. The van der Waals surface area contributed by atoms with Gasteiger partial charge >= 0.3 is 0 Å². The molecule has 8 aromatic carbocycles. The van der Waals surface area contributed by atoms with E-state index < -0.39 is 0 Å². The largest absolute Gasteiger partial charge is 0.306 e. The fourth-order valence-electron chi connectivity index (χ4n) is 7.91. The van der Waals surface area contributed by atoms with E-state index in [4.69, 9.17) is 4.98 Å². The summed E-state index contributed by atoms with van der Waals surface area (Å²) in [5.41, 5.74) is 11.7. The molecule has 3 nitrogen and oxygen atoms in total. The lowest BCUT2D eigenvalue weighted by atomic mass is 9.84. The highest BCUT2D eigenvalue weighted by atomic mass is 15.2. The second kappa shape index (κ2) is 9.90. The third-order valence-electron chi connectivity index (χ3n) is 9.81. The van der Waals surface area contributed by atoms with Gasteiger partial charge in [0.25, 0.3) is 0 Å². The zero-order valence-corrected chi connectivity index (χ0v) is 25.9. The minimum atomic E-state index is 0.990. The van der Waals surface area contributed by atoms with Gasteiger partial charge in [0, 0.05) is 5.69 Å². The van der Waals surface area contributed by atoms with Crippen LogP contribution >= 0.6 is 0 Å². The van der Waals surface area contributed by atoms with E-state index in [1.54, 1.807) is 0 Å². The maximum atomic E-state index is 4.97. The summed E-state index contributed by atoms with van der Waals surface area (Å²) in [6, 6.07) is 57.3. The summed E-state index contributed by atoms with van der Waals surface area (Å²) in [5, 5.41) is 7.53. The van der Waals surface area contributed by atoms with Crippen LogP contribution in [-0.4, -0.2) is 9.55 Å². The van der Waals surface area contributed by atoms with Crippen molar-refractivity contribution >= 4 is 60.4 Å². The van der Waals surface area contributed by atoms with Gasteiger partial charge in [0.2, 0.25) is 0 Å². The highest BCUT2D eigenvalue weighted by Gasteiger charge is 2.29. The van der Waals surface area contributed by atoms with Gasteiger partial charge in [-0.1, -0.05) is 121 Å². The molecule has 10 rings (SSSR count). The molecular weight excluding hydrogens is 571 g/mol. The molecule has 0 aliphatic carbocycles. The molecule has 0 N–H and O–H groups in total. The van der Waals surface area contributed by atoms with E-state index in [0.717, 1.165) is 39.6 Å². The van der Waals surface area contributed by atoms with E-state index in [1.807, 2.05) is 0 Å². The number of rotatable bonds is 3. The first kappa shape index (κ1) is 26.1. The topological polar surface area (TPSA) is 21.1 Å². The second-order valence-corrected chi connectivity index (χ2v) is 12.4. The lowest BCUT2D eigenvalue weighted by molar-refractivity contribution is 0.982. The van der Waals surface area contributed by atoms with E-state index in [2.05, 4.69) is 174 Å². The van der Waals surface area contributed by atoms with Crippen LogP contribution in [0.15, 0.2) is 158 Å². The SMILES string of the molecule is Cc1nc2cccc3c2n1-c1ccc(-c2c4ccccc4c(-c4cccc5ccccc45)c4ccccc24)cc1N3c1ccccc1. The van der Waals surface area contributed by atoms with Gasteiger partial charge in [-0.2, -0.15) is 0 Å². The number of nitrogens with zero attached hydrogens (tertiary/aromatic N) is 3. The summed E-state index contributed by atoms with van der Waals surface area (Å²) in [6.07, 6.45) is 0. The van der Waals surface area contributed by atoms with Crippen molar-refractivity contribution in [3.8, 4) is 27.9 Å². The zero-order chi connectivity index (χ0) is 31.1. The van der Waals surface area contributed by atoms with E-state index in [-0.39, 0.29) is 0 Å². The Labute approximate surface area is 272 Å². The van der Waals surface area contributed by atoms with Gasteiger partial charge in [0.15, 0.2) is 0 Å². The summed E-state index contributed by atoms with van der Waals surface area (Å²) < 4.78 is 2.32. The van der Waals surface area contributed by atoms with Crippen LogP contribution in [0.25, 0.3) is 71.3 Å². The van der Waals surface area contributed by atoms with Crippen LogP contribution in [-0.2, 0) is 0 Å². The predicted octanol–water partition coefficient (Wildman–Crippen LogP) is 11.9. The standard InChI is InChI=1S/C44H29N3/c1-28-45-38-23-12-24-40-44(38)46(28)39-26-25-30(27-41(39)47(40)31-15-3-2-4-16-31)42-34-18-7-9-20-36(34)43(37-21-10-8-19-35(37)42)33-22-11-14-29-13-5-6-17-32(29)33/h2-27H,1H3. The number of hydrogen-bond donors (Lipinski definition) is 0. The third kappa shape index (κ3) is 3.71. The molecule has 0 saturated carbocycles. The maximum Gasteiger partial charge on any atom is 0.111 e. The van der Waals surface area contributed by atoms with Gasteiger partial charge in [-0.05, 0) is 97.9 Å². The lowest BCUT2D eigenvalue weighted by Gasteiger charge is -2.33. The van der Waals surface area contributed by atoms with Crippen LogP contribution in [0.5, 0.6) is 0 Å². The number of aromatic nitrogens is 2. The molecule has 1 aliphatic heterocycles. The molecule has 1 aromatic heterocycles. The number of imidazole rings is 1. The Hall–Kier alpha value is -6.19. The highest BCUT2D eigenvalue weighted by molar-refractivity contribution is 6.23. The van der Waals surface area contributed by atoms with Crippen molar-refractivity contribution in [1.29, 1.82) is 0 Å². The second-order valence-electron chi connectivity index (χ2n) is 12.4. The third-order valence-corrected chi connectivity index (χ3v) is 9.81. The van der Waals surface area contributed by atoms with Crippen LogP contribution in [0, 0.1) is 6.92 Å². The minimum Gasteiger partial charge on any atom is -0.306 e. The Morgan fingerprint density at radius 3 is 1.83 bits per heavy atom. The van der Waals surface area contributed by atoms with Crippen LogP contribution in [0.4, 0.5) is 17.1 Å². The summed E-state index contributed by atoms with van der Waals surface area (Å²) >= 11 is 0. The maximum absolute atomic E-state index is 4.97. The van der Waals surface area contributed by atoms with Crippen molar-refractivity contribution < 1.29 is 0 Å². The Balaban J connectivity index is 1.30. The number of aryl methyl sites for hydroxylation is 1. The molecule has 0 radical (unpaired) electrons. The Morgan fingerprint density at radius 2 is 1.09 bits per heavy atom. The first-order valence-electron chi connectivity index (χ1n) is 16.2. The van der Waals surface area contributed by atoms with Crippen molar-refractivity contribution in [2.75, 3.05) is 4.90 Å². The van der Waals surface area contributed by atoms with E-state index in [1.165, 1.54) is 54.6 Å². The number of para-hydroxylation sites is 2. The first-order chi connectivity index (χ1) is 23.3. The van der Waals surface area contributed by atoms with Crippen LogP contribution in [0.2, 0.25) is 0 Å². The van der Waals surface area contributed by atoms with Gasteiger partial charge in [-0.15, -0.1) is 0 Å². The molecule has 1 aliphatic rings. The monoisotopic (exact) mass is 599 g/mol. The molecule has 3 heteroatoms. The molecule has 220 valence electrons. The van der Waals surface area contributed by atoms with Crippen molar-refractivity contribution in [1.82, 2.24) is 9.55 Å². The minimum absolute atomic E-state index is 0.990. The molecule has 0 spiro atoms. The first-order valence-corrected chi connectivity index (χ1v) is 16.2. The molecule has 9 aromatic rings. The average molecular weight is 600 g/mol. The number of fused-ring (bicyclic) bond motifs is 5. The van der Waals surface area contributed by atoms with Crippen molar-refractivity contribution in [2.24, 2.45) is 0 Å². The molecule has 0 bridgehead atoms. The summed E-state index contributed by atoms with van der Waals surface area (Å²) in [5.74, 6) is 0.990. The van der Waals surface area contributed by atoms with Crippen molar-refractivity contribution in [3.05, 3.63) is 164 Å². The number of anilines is 3. The van der Waals surface area contributed by atoms with Crippen LogP contribution in [0.1, 0.15) is 5.82 Å². The zero-order valence-electron chi connectivity index (χ0n) is 25.9. The lowest BCUT2D eigenvalue weighted by Crippen LogP contribution is -2.18. The van der Waals surface area contributed by atoms with E-state index in [0.29, 0.717) is 0 Å². The van der Waals surface area contributed by atoms with Crippen molar-refractivity contribution in [2.45, 2.75) is 6.92 Å². The van der Waals surface area contributed by atoms with E-state index >= 15 is 0 Å². The number of hydrogen-bond acceptors (Lipinski definition) is 2. The number of benzene rings is 8. The van der Waals surface area contributed by atoms with Gasteiger partial charge in [0.1, 0.15) is 5.82 Å². The summed E-state index contributed by atoms with van der Waals surface area (Å²) in [7, 11) is 0. The van der Waals surface area contributed by atoms with Gasteiger partial charge in [-0.3, -0.25) is 4.57 Å². The molecular formula is C44H29N3. The smallest absolute Gasteiger partial charge is 0.111 e. The fraction of sp³-hybridized carbons (Fsp3) is 0.0227. The van der Waals surface area contributed by atoms with Crippen LogP contribution < -0.4 is 4.90 Å². The predicted molar refractivity (Wildman–Crippen MR) is 197 cm³/mol. The average Bonchev–Trinajstić information content (AvgIpc) is 3.47. The normalized spacial score (nSPS) is 12.3. The molecule has 0 fully saturated rings. The summed E-state index contributed by atoms with van der Waals surface area (Å²) in [6.45, 7) is 2.10. The Morgan fingerprint density at radius 1 is 0.468 bits per heavy atom. The fourth-order valence-corrected chi connectivity index (χ4v) is 7.91. The molecule has 0 atom stereocenters. The molecule has 0 amide bonds. The molecule has 2 heterocycles. The van der Waals surface area contributed by atoms with E-state index in [9.17, 15) is 0 Å². The van der Waals surface area contributed by atoms with Crippen molar-refractivity contribution in [3.63, 3.8) is 0 Å². The molecule has 47 heavy (non-hydrogen) atoms. The quantitative estimate of drug-likeness (QED) is 0.188. The Bertz CT molecular complexity index is 2640. The van der Waals surface area contributed by atoms with Crippen LogP contribution in [0.3, 0.4) is 0 Å². The molecule has 0 saturated heterocycles. The van der Waals surface area contributed by atoms with Gasteiger partial charge in [-0.25, -0.2) is 4.98 Å². The Kier molecular flexibility index (Phi) is 5.49. The molecule has 0 unspecified atom stereocenters. The highest BCUT2D eigenvalue weighted by Crippen LogP contribution is 2.50. The van der Waals surface area contributed by atoms with Gasteiger partial charge < -0.3 is 4.90 Å².